The van der Waals surface area contributed by atoms with Gasteiger partial charge in [0.05, 0.1) is 44.0 Å². The van der Waals surface area contributed by atoms with E-state index in [0.29, 0.717) is 5.75 Å². The lowest BCUT2D eigenvalue weighted by molar-refractivity contribution is -0.114. The molecule has 0 bridgehead atoms. The van der Waals surface area contributed by atoms with E-state index in [4.69, 9.17) is 14.2 Å². The summed E-state index contributed by atoms with van der Waals surface area (Å²) in [6.07, 6.45) is 0.983. The molecule has 30 heavy (non-hydrogen) atoms. The Bertz CT molecular complexity index is 1020. The van der Waals surface area contributed by atoms with Gasteiger partial charge in [-0.25, -0.2) is 13.2 Å². The van der Waals surface area contributed by atoms with E-state index in [9.17, 15) is 18.0 Å². The highest BCUT2D eigenvalue weighted by atomic mass is 32.2. The van der Waals surface area contributed by atoms with Gasteiger partial charge in [-0.1, -0.05) is 12.1 Å². The van der Waals surface area contributed by atoms with Crippen LogP contribution < -0.4 is 19.1 Å². The number of para-hydroxylation sites is 1. The zero-order chi connectivity index (χ0) is 22.3. The van der Waals surface area contributed by atoms with Crippen molar-refractivity contribution in [1.82, 2.24) is 0 Å². The lowest BCUT2D eigenvalue weighted by Gasteiger charge is -2.24. The third-order valence-electron chi connectivity index (χ3n) is 4.04. The van der Waals surface area contributed by atoms with E-state index in [0.717, 1.165) is 10.6 Å². The summed E-state index contributed by atoms with van der Waals surface area (Å²) < 4.78 is 41.1. The van der Waals surface area contributed by atoms with Gasteiger partial charge in [0.15, 0.2) is 0 Å². The van der Waals surface area contributed by atoms with Crippen molar-refractivity contribution in [3.05, 3.63) is 48.0 Å². The highest BCUT2D eigenvalue weighted by Gasteiger charge is 2.25. The molecule has 0 aliphatic carbocycles. The Hall–Kier alpha value is -3.27. The smallest absolute Gasteiger partial charge is 0.340 e. The molecule has 0 aliphatic heterocycles. The van der Waals surface area contributed by atoms with Crippen LogP contribution in [0.2, 0.25) is 0 Å². The van der Waals surface area contributed by atoms with Crippen LogP contribution in [0.5, 0.6) is 11.5 Å². The van der Waals surface area contributed by atoms with Gasteiger partial charge in [-0.15, -0.1) is 0 Å². The van der Waals surface area contributed by atoms with Gasteiger partial charge in [-0.3, -0.25) is 9.10 Å². The second kappa shape index (κ2) is 9.97. The molecule has 0 saturated carbocycles. The van der Waals surface area contributed by atoms with Gasteiger partial charge in [0.1, 0.15) is 18.0 Å². The molecule has 0 aromatic heterocycles. The maximum Gasteiger partial charge on any atom is 0.340 e. The molecule has 0 heterocycles. The minimum absolute atomic E-state index is 0.167. The summed E-state index contributed by atoms with van der Waals surface area (Å²) in [4.78, 5) is 24.7. The number of methoxy groups -OCH3 is 2. The highest BCUT2D eigenvalue weighted by molar-refractivity contribution is 7.92. The van der Waals surface area contributed by atoms with Crippen molar-refractivity contribution in [2.75, 3.05) is 43.2 Å². The zero-order valence-corrected chi connectivity index (χ0v) is 18.0. The van der Waals surface area contributed by atoms with Crippen molar-refractivity contribution in [3.8, 4) is 11.5 Å². The molecule has 0 radical (unpaired) electrons. The van der Waals surface area contributed by atoms with Crippen LogP contribution in [0.1, 0.15) is 17.3 Å². The molecule has 2 rings (SSSR count). The van der Waals surface area contributed by atoms with Crippen LogP contribution in [0.4, 0.5) is 11.4 Å². The molecule has 0 spiro atoms. The molecule has 1 amide bonds. The number of amides is 1. The third-order valence-corrected chi connectivity index (χ3v) is 5.17. The van der Waals surface area contributed by atoms with Crippen molar-refractivity contribution in [2.24, 2.45) is 0 Å². The van der Waals surface area contributed by atoms with Crippen molar-refractivity contribution in [1.29, 1.82) is 0 Å². The number of rotatable bonds is 9. The fraction of sp³-hybridized carbons (Fsp3) is 0.300. The first kappa shape index (κ1) is 23.0. The van der Waals surface area contributed by atoms with Crippen molar-refractivity contribution < 1.29 is 32.2 Å². The second-order valence-electron chi connectivity index (χ2n) is 6.12. The van der Waals surface area contributed by atoms with Gasteiger partial charge >= 0.3 is 5.97 Å². The number of nitrogens with zero attached hydrogens (tertiary/aromatic N) is 1. The molecule has 2 aromatic rings. The summed E-state index contributed by atoms with van der Waals surface area (Å²) in [5, 5.41) is 2.57. The van der Waals surface area contributed by atoms with Gasteiger partial charge in [-0.05, 0) is 31.2 Å². The van der Waals surface area contributed by atoms with Crippen molar-refractivity contribution in [3.63, 3.8) is 0 Å². The molecule has 0 fully saturated rings. The molecule has 10 heteroatoms. The van der Waals surface area contributed by atoms with Crippen LogP contribution in [-0.2, 0) is 19.6 Å². The predicted molar refractivity (Wildman–Crippen MR) is 113 cm³/mol. The fourth-order valence-corrected chi connectivity index (χ4v) is 3.53. The maximum absolute atomic E-state index is 12.7. The van der Waals surface area contributed by atoms with Gasteiger partial charge in [-0.2, -0.15) is 0 Å². The molecule has 0 atom stereocenters. The standard InChI is InChI=1S/C20H24N2O7S/c1-5-29-20(24)15-8-6-7-9-16(15)21-19(23)13-22(30(4,25)26)17-11-10-14(27-2)12-18(17)28-3/h6-12H,5,13H2,1-4H3,(H,21,23). The topological polar surface area (TPSA) is 111 Å². The molecule has 162 valence electrons. The van der Waals surface area contributed by atoms with Crippen LogP contribution in [0.15, 0.2) is 42.5 Å². The third kappa shape index (κ3) is 5.63. The number of benzene rings is 2. The number of nitrogens with one attached hydrogen (secondary N) is 1. The number of sulfonamides is 1. The molecule has 0 aliphatic rings. The number of hydrogen-bond donors (Lipinski definition) is 1. The number of anilines is 2. The van der Waals surface area contributed by atoms with Crippen LogP contribution in [-0.4, -0.2) is 53.9 Å². The average molecular weight is 436 g/mol. The van der Waals surface area contributed by atoms with E-state index < -0.39 is 28.4 Å². The van der Waals surface area contributed by atoms with Crippen molar-refractivity contribution in [2.45, 2.75) is 6.92 Å². The summed E-state index contributed by atoms with van der Waals surface area (Å²) in [5.41, 5.74) is 0.561. The second-order valence-corrected chi connectivity index (χ2v) is 8.03. The maximum atomic E-state index is 12.7. The minimum Gasteiger partial charge on any atom is -0.497 e. The van der Waals surface area contributed by atoms with Gasteiger partial charge in [0, 0.05) is 6.07 Å². The quantitative estimate of drug-likeness (QED) is 0.600. The first-order valence-corrected chi connectivity index (χ1v) is 10.8. The predicted octanol–water partition coefficient (Wildman–Crippen LogP) is 2.29. The number of ether oxygens (including phenoxy) is 3. The van der Waals surface area contributed by atoms with Crippen LogP contribution in [0.25, 0.3) is 0 Å². The normalized spacial score (nSPS) is 10.8. The number of esters is 1. The van der Waals surface area contributed by atoms with E-state index in [-0.39, 0.29) is 29.3 Å². The Morgan fingerprint density at radius 1 is 1.07 bits per heavy atom. The van der Waals surface area contributed by atoms with Crippen LogP contribution in [0.3, 0.4) is 0 Å². The summed E-state index contributed by atoms with van der Waals surface area (Å²) in [6.45, 7) is 1.32. The van der Waals surface area contributed by atoms with E-state index in [1.165, 1.54) is 38.5 Å². The largest absolute Gasteiger partial charge is 0.497 e. The number of hydrogen-bond acceptors (Lipinski definition) is 7. The Balaban J connectivity index is 2.32. The molecule has 1 N–H and O–H groups in total. The average Bonchev–Trinajstić information content (AvgIpc) is 2.71. The fourth-order valence-electron chi connectivity index (χ4n) is 2.67. The molecule has 9 nitrogen and oxygen atoms in total. The molecule has 0 saturated heterocycles. The zero-order valence-electron chi connectivity index (χ0n) is 17.2. The lowest BCUT2D eigenvalue weighted by Crippen LogP contribution is -2.37. The van der Waals surface area contributed by atoms with Crippen LogP contribution >= 0.6 is 0 Å². The summed E-state index contributed by atoms with van der Waals surface area (Å²) in [6, 6.07) is 10.9. The summed E-state index contributed by atoms with van der Waals surface area (Å²) >= 11 is 0. The van der Waals surface area contributed by atoms with E-state index in [1.54, 1.807) is 25.1 Å². The van der Waals surface area contributed by atoms with E-state index >= 15 is 0 Å². The Morgan fingerprint density at radius 3 is 2.37 bits per heavy atom. The molecular formula is C20H24N2O7S. The summed E-state index contributed by atoms with van der Waals surface area (Å²) in [5.74, 6) is -0.545. The van der Waals surface area contributed by atoms with Crippen molar-refractivity contribution >= 4 is 33.3 Å². The lowest BCUT2D eigenvalue weighted by atomic mass is 10.2. The Morgan fingerprint density at radius 2 is 1.77 bits per heavy atom. The van der Waals surface area contributed by atoms with E-state index in [2.05, 4.69) is 5.32 Å². The first-order valence-electron chi connectivity index (χ1n) is 8.97. The molecule has 0 unspecified atom stereocenters. The highest BCUT2D eigenvalue weighted by Crippen LogP contribution is 2.33. The SMILES string of the molecule is CCOC(=O)c1ccccc1NC(=O)CN(c1ccc(OC)cc1OC)S(C)(=O)=O. The number of carbonyl (C=O) groups excluding carboxylic acids is 2. The minimum atomic E-state index is -3.83. The Labute approximate surface area is 175 Å². The molecule has 2 aromatic carbocycles. The Kier molecular flexibility index (Phi) is 7.65. The summed E-state index contributed by atoms with van der Waals surface area (Å²) in [7, 11) is -0.980. The van der Waals surface area contributed by atoms with Gasteiger partial charge in [0.2, 0.25) is 15.9 Å². The molecular weight excluding hydrogens is 412 g/mol. The first-order chi connectivity index (χ1) is 14.2. The monoisotopic (exact) mass is 436 g/mol. The van der Waals surface area contributed by atoms with Gasteiger partial charge in [0.25, 0.3) is 0 Å². The van der Waals surface area contributed by atoms with Crippen LogP contribution in [0, 0.1) is 0 Å². The number of carbonyl (C=O) groups is 2. The van der Waals surface area contributed by atoms with E-state index in [1.807, 2.05) is 0 Å². The van der Waals surface area contributed by atoms with Gasteiger partial charge < -0.3 is 19.5 Å².